The Kier molecular flexibility index (Phi) is 8.14. The number of nitrogens with zero attached hydrogens (tertiary/aromatic N) is 4. The Morgan fingerprint density at radius 1 is 1.15 bits per heavy atom. The van der Waals surface area contributed by atoms with Crippen molar-refractivity contribution in [2.45, 2.75) is 25.5 Å². The highest BCUT2D eigenvalue weighted by molar-refractivity contribution is 7.99. The number of nitrogens with one attached hydrogen (secondary N) is 2. The second-order valence-corrected chi connectivity index (χ2v) is 8.31. The van der Waals surface area contributed by atoms with E-state index in [2.05, 4.69) is 27.4 Å². The lowest BCUT2D eigenvalue weighted by Crippen LogP contribution is -2.34. The number of carbonyl (C=O) groups excluding carboxylic acids is 2. The highest BCUT2D eigenvalue weighted by Crippen LogP contribution is 2.25. The highest BCUT2D eigenvalue weighted by Gasteiger charge is 2.16. The Morgan fingerprint density at radius 3 is 2.56 bits per heavy atom. The van der Waals surface area contributed by atoms with Crippen LogP contribution in [0.3, 0.4) is 0 Å². The molecule has 11 heteroatoms. The van der Waals surface area contributed by atoms with Crippen LogP contribution >= 0.6 is 11.8 Å². The monoisotopic (exact) mass is 480 g/mol. The van der Waals surface area contributed by atoms with Crippen LogP contribution in [0.1, 0.15) is 11.1 Å². The van der Waals surface area contributed by atoms with Crippen LogP contribution in [-0.2, 0) is 16.1 Å². The molecule has 3 rings (SSSR count). The fourth-order valence-corrected chi connectivity index (χ4v) is 3.85. The molecule has 0 bridgehead atoms. The van der Waals surface area contributed by atoms with Crippen molar-refractivity contribution < 1.29 is 14.5 Å². The fraction of sp³-hybridized carbons (Fsp3) is 0.217. The fourth-order valence-electron chi connectivity index (χ4n) is 3.08. The number of aromatic nitrogens is 3. The van der Waals surface area contributed by atoms with E-state index < -0.39 is 4.92 Å². The Labute approximate surface area is 200 Å². The van der Waals surface area contributed by atoms with Crippen LogP contribution in [0.5, 0.6) is 0 Å². The molecule has 3 aromatic rings. The first-order valence-corrected chi connectivity index (χ1v) is 11.3. The van der Waals surface area contributed by atoms with E-state index in [4.69, 9.17) is 0 Å². The van der Waals surface area contributed by atoms with Crippen molar-refractivity contribution in [3.05, 3.63) is 76.4 Å². The third-order valence-electron chi connectivity index (χ3n) is 5.02. The predicted octanol–water partition coefficient (Wildman–Crippen LogP) is 3.50. The summed E-state index contributed by atoms with van der Waals surface area (Å²) >= 11 is 1.17. The molecule has 0 saturated carbocycles. The van der Waals surface area contributed by atoms with Crippen LogP contribution in [0.15, 0.2) is 60.3 Å². The van der Waals surface area contributed by atoms with Gasteiger partial charge in [-0.1, -0.05) is 30.0 Å². The molecule has 2 aromatic carbocycles. The van der Waals surface area contributed by atoms with E-state index in [1.54, 1.807) is 22.8 Å². The molecule has 34 heavy (non-hydrogen) atoms. The van der Waals surface area contributed by atoms with Crippen LogP contribution in [0, 0.1) is 24.0 Å². The van der Waals surface area contributed by atoms with Crippen molar-refractivity contribution in [2.75, 3.05) is 17.6 Å². The van der Waals surface area contributed by atoms with Gasteiger partial charge in [-0.25, -0.2) is 0 Å². The van der Waals surface area contributed by atoms with E-state index in [1.807, 2.05) is 32.0 Å². The number of anilines is 1. The Balaban J connectivity index is 1.58. The summed E-state index contributed by atoms with van der Waals surface area (Å²) in [5.74, 6) is -0.106. The average molecular weight is 481 g/mol. The number of thioether (sulfide) groups is 1. The van der Waals surface area contributed by atoms with Gasteiger partial charge in [0.1, 0.15) is 0 Å². The van der Waals surface area contributed by atoms with Gasteiger partial charge in [0.15, 0.2) is 11.0 Å². The van der Waals surface area contributed by atoms with Gasteiger partial charge in [0.05, 0.1) is 17.2 Å². The van der Waals surface area contributed by atoms with Gasteiger partial charge < -0.3 is 10.6 Å². The largest absolute Gasteiger partial charge is 0.346 e. The Hall–Kier alpha value is -3.99. The summed E-state index contributed by atoms with van der Waals surface area (Å²) in [6, 6.07) is 11.6. The highest BCUT2D eigenvalue weighted by atomic mass is 32.2. The first-order chi connectivity index (χ1) is 16.3. The van der Waals surface area contributed by atoms with Crippen molar-refractivity contribution in [3.63, 3.8) is 0 Å². The SMILES string of the molecule is C=CCn1c(SCC(=O)NCC(=O)Nc2cccc(C)c2C)nnc1-c1ccc([N+](=O)[O-])cc1. The van der Waals surface area contributed by atoms with E-state index in [-0.39, 0.29) is 29.8 Å². The molecule has 0 aliphatic heterocycles. The van der Waals surface area contributed by atoms with Gasteiger partial charge in [-0.15, -0.1) is 16.8 Å². The molecule has 0 aliphatic carbocycles. The molecule has 1 heterocycles. The van der Waals surface area contributed by atoms with E-state index in [1.165, 1.54) is 23.9 Å². The molecule has 2 amide bonds. The minimum atomic E-state index is -0.472. The summed E-state index contributed by atoms with van der Waals surface area (Å²) < 4.78 is 1.76. The summed E-state index contributed by atoms with van der Waals surface area (Å²) in [5.41, 5.74) is 3.38. The van der Waals surface area contributed by atoms with E-state index in [0.717, 1.165) is 11.1 Å². The van der Waals surface area contributed by atoms with Crippen LogP contribution in [0.25, 0.3) is 11.4 Å². The van der Waals surface area contributed by atoms with Gasteiger partial charge in [-0.3, -0.25) is 24.3 Å². The number of nitro groups is 1. The number of allylic oxidation sites excluding steroid dienone is 1. The van der Waals surface area contributed by atoms with Crippen LogP contribution < -0.4 is 10.6 Å². The molecule has 0 radical (unpaired) electrons. The lowest BCUT2D eigenvalue weighted by Gasteiger charge is -2.11. The maximum Gasteiger partial charge on any atom is 0.269 e. The maximum atomic E-state index is 12.3. The van der Waals surface area contributed by atoms with Crippen molar-refractivity contribution >= 4 is 35.0 Å². The van der Waals surface area contributed by atoms with Crippen LogP contribution in [-0.4, -0.2) is 43.8 Å². The molecule has 176 valence electrons. The number of aryl methyl sites for hydroxylation is 1. The van der Waals surface area contributed by atoms with Gasteiger partial charge in [-0.05, 0) is 43.2 Å². The molecular formula is C23H24N6O4S. The quantitative estimate of drug-likeness (QED) is 0.196. The van der Waals surface area contributed by atoms with Gasteiger partial charge in [0, 0.05) is 29.9 Å². The number of rotatable bonds is 10. The Bertz CT molecular complexity index is 1220. The summed E-state index contributed by atoms with van der Waals surface area (Å²) in [6.07, 6.45) is 1.67. The summed E-state index contributed by atoms with van der Waals surface area (Å²) in [5, 5.41) is 25.1. The molecule has 0 fully saturated rings. The zero-order valence-corrected chi connectivity index (χ0v) is 19.6. The molecule has 0 saturated heterocycles. The van der Waals surface area contributed by atoms with Gasteiger partial charge in [0.2, 0.25) is 11.8 Å². The molecule has 1 aromatic heterocycles. The normalized spacial score (nSPS) is 10.5. The average Bonchev–Trinajstić information content (AvgIpc) is 3.22. The molecule has 2 N–H and O–H groups in total. The molecule has 0 spiro atoms. The molecule has 0 aliphatic rings. The number of amides is 2. The lowest BCUT2D eigenvalue weighted by molar-refractivity contribution is -0.384. The van der Waals surface area contributed by atoms with E-state index in [9.17, 15) is 19.7 Å². The van der Waals surface area contributed by atoms with Crippen molar-refractivity contribution in [3.8, 4) is 11.4 Å². The standard InChI is InChI=1S/C23H24N6O4S/c1-4-12-28-22(17-8-10-18(11-9-17)29(32)33)26-27-23(28)34-14-21(31)24-13-20(30)25-19-7-5-6-15(2)16(19)3/h4-11H,1,12-14H2,2-3H3,(H,24,31)(H,25,30). The number of hydrogen-bond acceptors (Lipinski definition) is 7. The van der Waals surface area contributed by atoms with E-state index in [0.29, 0.717) is 28.8 Å². The van der Waals surface area contributed by atoms with Gasteiger partial charge >= 0.3 is 0 Å². The maximum absolute atomic E-state index is 12.3. The summed E-state index contributed by atoms with van der Waals surface area (Å²) in [4.78, 5) is 34.9. The van der Waals surface area contributed by atoms with Gasteiger partial charge in [-0.2, -0.15) is 0 Å². The first kappa shape index (κ1) is 24.6. The Morgan fingerprint density at radius 2 is 1.88 bits per heavy atom. The lowest BCUT2D eigenvalue weighted by atomic mass is 10.1. The zero-order valence-electron chi connectivity index (χ0n) is 18.8. The molecule has 10 nitrogen and oxygen atoms in total. The number of hydrogen-bond donors (Lipinski definition) is 2. The minimum absolute atomic E-state index is 0.0219. The summed E-state index contributed by atoms with van der Waals surface area (Å²) in [6.45, 7) is 7.86. The zero-order chi connectivity index (χ0) is 24.7. The topological polar surface area (TPSA) is 132 Å². The molecule has 0 unspecified atom stereocenters. The van der Waals surface area contributed by atoms with Crippen molar-refractivity contribution in [1.29, 1.82) is 0 Å². The number of benzene rings is 2. The predicted molar refractivity (Wildman–Crippen MR) is 131 cm³/mol. The number of carbonyl (C=O) groups is 2. The first-order valence-electron chi connectivity index (χ1n) is 10.3. The second kappa shape index (κ2) is 11.2. The minimum Gasteiger partial charge on any atom is -0.346 e. The summed E-state index contributed by atoms with van der Waals surface area (Å²) in [7, 11) is 0. The number of nitro benzene ring substituents is 1. The van der Waals surface area contributed by atoms with E-state index >= 15 is 0 Å². The van der Waals surface area contributed by atoms with Crippen molar-refractivity contribution in [2.24, 2.45) is 0 Å². The van der Waals surface area contributed by atoms with Crippen LogP contribution in [0.2, 0.25) is 0 Å². The molecular weight excluding hydrogens is 456 g/mol. The number of non-ortho nitro benzene ring substituents is 1. The molecule has 0 atom stereocenters. The third-order valence-corrected chi connectivity index (χ3v) is 5.99. The third kappa shape index (κ3) is 6.07. The second-order valence-electron chi connectivity index (χ2n) is 7.37. The smallest absolute Gasteiger partial charge is 0.269 e. The van der Waals surface area contributed by atoms with Gasteiger partial charge in [0.25, 0.3) is 5.69 Å². The van der Waals surface area contributed by atoms with Crippen molar-refractivity contribution in [1.82, 2.24) is 20.1 Å². The van der Waals surface area contributed by atoms with Crippen LogP contribution in [0.4, 0.5) is 11.4 Å².